The van der Waals surface area contributed by atoms with Crippen molar-refractivity contribution >= 4 is 28.3 Å². The number of carbonyl (C=O) groups is 2. The lowest BCUT2D eigenvalue weighted by Crippen LogP contribution is -2.36. The predicted octanol–water partition coefficient (Wildman–Crippen LogP) is 1.31. The zero-order valence-electron chi connectivity index (χ0n) is 10.2. The number of rotatable bonds is 3. The van der Waals surface area contributed by atoms with Crippen molar-refractivity contribution < 1.29 is 14.7 Å². The second-order valence-corrected chi connectivity index (χ2v) is 6.14. The summed E-state index contributed by atoms with van der Waals surface area (Å²) in [6.45, 7) is 1.80. The van der Waals surface area contributed by atoms with Crippen LogP contribution in [0.2, 0.25) is 0 Å². The van der Waals surface area contributed by atoms with E-state index in [0.29, 0.717) is 5.13 Å². The molecule has 3 rings (SSSR count). The Morgan fingerprint density at radius 1 is 1.32 bits per heavy atom. The standard InChI is InChI=1S/C12H13N3O3S/c1-5-14-15-12(19-5)13-10(16)8-6-2-3-7(4-6)9(8)11(17)18/h2-3,6-9H,4H2,1H3,(H,17,18)(H,13,15,16). The average Bonchev–Trinajstić information content (AvgIpc) is 3.03. The topological polar surface area (TPSA) is 92.2 Å². The Kier molecular flexibility index (Phi) is 2.85. The third-order valence-electron chi connectivity index (χ3n) is 3.80. The molecule has 0 aromatic carbocycles. The van der Waals surface area contributed by atoms with Gasteiger partial charge in [-0.1, -0.05) is 23.5 Å². The third kappa shape index (κ3) is 2.03. The van der Waals surface area contributed by atoms with Gasteiger partial charge in [0.1, 0.15) is 5.01 Å². The van der Waals surface area contributed by atoms with E-state index in [1.807, 2.05) is 12.2 Å². The van der Waals surface area contributed by atoms with Crippen LogP contribution >= 0.6 is 11.3 Å². The molecule has 7 heteroatoms. The van der Waals surface area contributed by atoms with Crippen LogP contribution in [0.4, 0.5) is 5.13 Å². The van der Waals surface area contributed by atoms with Gasteiger partial charge in [-0.3, -0.25) is 9.59 Å². The van der Waals surface area contributed by atoms with Crippen LogP contribution in [0.1, 0.15) is 11.4 Å². The van der Waals surface area contributed by atoms with Gasteiger partial charge in [-0.2, -0.15) is 0 Å². The molecule has 1 aromatic rings. The van der Waals surface area contributed by atoms with Gasteiger partial charge in [0.25, 0.3) is 0 Å². The second-order valence-electron chi connectivity index (χ2n) is 4.95. The van der Waals surface area contributed by atoms with E-state index < -0.39 is 17.8 Å². The van der Waals surface area contributed by atoms with Crippen LogP contribution in [0.5, 0.6) is 0 Å². The van der Waals surface area contributed by atoms with Crippen molar-refractivity contribution in [3.63, 3.8) is 0 Å². The number of aromatic nitrogens is 2. The number of carboxylic acid groups (broad SMARTS) is 1. The summed E-state index contributed by atoms with van der Waals surface area (Å²) in [5.74, 6) is -2.28. The van der Waals surface area contributed by atoms with Gasteiger partial charge in [-0.15, -0.1) is 10.2 Å². The number of aliphatic carboxylic acids is 1. The van der Waals surface area contributed by atoms with E-state index in [9.17, 15) is 14.7 Å². The highest BCUT2D eigenvalue weighted by atomic mass is 32.1. The highest BCUT2D eigenvalue weighted by Crippen LogP contribution is 2.48. The summed E-state index contributed by atoms with van der Waals surface area (Å²) in [6, 6.07) is 0. The molecule has 100 valence electrons. The lowest BCUT2D eigenvalue weighted by atomic mass is 9.82. The van der Waals surface area contributed by atoms with Gasteiger partial charge < -0.3 is 10.4 Å². The summed E-state index contributed by atoms with van der Waals surface area (Å²) < 4.78 is 0. The fourth-order valence-electron chi connectivity index (χ4n) is 3.05. The number of aryl methyl sites for hydroxylation is 1. The molecule has 1 aromatic heterocycles. The molecule has 2 N–H and O–H groups in total. The summed E-state index contributed by atoms with van der Waals surface area (Å²) >= 11 is 1.28. The molecule has 19 heavy (non-hydrogen) atoms. The molecule has 1 saturated carbocycles. The number of nitrogens with zero attached hydrogens (tertiary/aromatic N) is 2. The first kappa shape index (κ1) is 12.3. The molecule has 0 aliphatic heterocycles. The van der Waals surface area contributed by atoms with Crippen LogP contribution in [0.25, 0.3) is 0 Å². The van der Waals surface area contributed by atoms with E-state index in [2.05, 4.69) is 15.5 Å². The van der Waals surface area contributed by atoms with E-state index >= 15 is 0 Å². The molecule has 4 atom stereocenters. The first-order valence-electron chi connectivity index (χ1n) is 6.08. The molecule has 0 radical (unpaired) electrons. The molecule has 0 saturated heterocycles. The van der Waals surface area contributed by atoms with E-state index in [1.54, 1.807) is 6.92 Å². The number of amides is 1. The first-order valence-corrected chi connectivity index (χ1v) is 6.90. The third-order valence-corrected chi connectivity index (χ3v) is 4.56. The summed E-state index contributed by atoms with van der Waals surface area (Å²) in [4.78, 5) is 23.6. The van der Waals surface area contributed by atoms with Crippen molar-refractivity contribution in [3.8, 4) is 0 Å². The maximum absolute atomic E-state index is 12.3. The SMILES string of the molecule is Cc1nnc(NC(=O)C2C3C=CC(C3)C2C(=O)O)s1. The number of carboxylic acids is 1. The number of hydrogen-bond acceptors (Lipinski definition) is 5. The van der Waals surface area contributed by atoms with Crippen LogP contribution in [-0.2, 0) is 9.59 Å². The maximum Gasteiger partial charge on any atom is 0.307 e. The molecule has 6 nitrogen and oxygen atoms in total. The fraction of sp³-hybridized carbons (Fsp3) is 0.500. The van der Waals surface area contributed by atoms with Crippen LogP contribution in [0.3, 0.4) is 0 Å². The van der Waals surface area contributed by atoms with E-state index in [-0.39, 0.29) is 17.7 Å². The molecule has 1 heterocycles. The molecule has 1 amide bonds. The number of fused-ring (bicyclic) bond motifs is 2. The summed E-state index contributed by atoms with van der Waals surface area (Å²) in [5.41, 5.74) is 0. The Balaban J connectivity index is 1.79. The maximum atomic E-state index is 12.3. The van der Waals surface area contributed by atoms with Crippen molar-refractivity contribution in [1.82, 2.24) is 10.2 Å². The Morgan fingerprint density at radius 2 is 2.00 bits per heavy atom. The normalized spacial score (nSPS) is 31.6. The van der Waals surface area contributed by atoms with Gasteiger partial charge in [0.15, 0.2) is 0 Å². The van der Waals surface area contributed by atoms with Gasteiger partial charge in [0.2, 0.25) is 11.0 Å². The average molecular weight is 279 g/mol. The number of nitrogens with one attached hydrogen (secondary N) is 1. The number of anilines is 1. The Morgan fingerprint density at radius 3 is 2.58 bits per heavy atom. The highest BCUT2D eigenvalue weighted by molar-refractivity contribution is 7.15. The monoisotopic (exact) mass is 279 g/mol. The molecule has 4 unspecified atom stereocenters. The lowest BCUT2D eigenvalue weighted by Gasteiger charge is -2.23. The Hall–Kier alpha value is -1.76. The molecular formula is C12H13N3O3S. The van der Waals surface area contributed by atoms with Gasteiger partial charge in [0, 0.05) is 0 Å². The Bertz CT molecular complexity index is 568. The predicted molar refractivity (Wildman–Crippen MR) is 68.6 cm³/mol. The second kappa shape index (κ2) is 4.41. The molecule has 2 aliphatic carbocycles. The minimum atomic E-state index is -0.898. The van der Waals surface area contributed by atoms with Crippen molar-refractivity contribution in [2.75, 3.05) is 5.32 Å². The van der Waals surface area contributed by atoms with Crippen LogP contribution in [0, 0.1) is 30.6 Å². The smallest absolute Gasteiger partial charge is 0.307 e. The van der Waals surface area contributed by atoms with Crippen LogP contribution in [-0.4, -0.2) is 27.2 Å². The zero-order chi connectivity index (χ0) is 13.6. The molecule has 2 bridgehead atoms. The van der Waals surface area contributed by atoms with Crippen molar-refractivity contribution in [2.45, 2.75) is 13.3 Å². The quantitative estimate of drug-likeness (QED) is 0.814. The zero-order valence-corrected chi connectivity index (χ0v) is 11.1. The summed E-state index contributed by atoms with van der Waals surface area (Å²) in [5, 5.41) is 20.8. The summed E-state index contributed by atoms with van der Waals surface area (Å²) in [6.07, 6.45) is 4.63. The minimum Gasteiger partial charge on any atom is -0.481 e. The highest BCUT2D eigenvalue weighted by Gasteiger charge is 2.51. The van der Waals surface area contributed by atoms with Crippen molar-refractivity contribution in [3.05, 3.63) is 17.2 Å². The fourth-order valence-corrected chi connectivity index (χ4v) is 3.65. The van der Waals surface area contributed by atoms with Crippen molar-refractivity contribution in [2.24, 2.45) is 23.7 Å². The molecule has 0 spiro atoms. The Labute approximate surface area is 113 Å². The van der Waals surface area contributed by atoms with Crippen LogP contribution in [0.15, 0.2) is 12.2 Å². The largest absolute Gasteiger partial charge is 0.481 e. The number of carbonyl (C=O) groups excluding carboxylic acids is 1. The first-order chi connectivity index (χ1) is 9.06. The molecule has 1 fully saturated rings. The van der Waals surface area contributed by atoms with Gasteiger partial charge in [-0.05, 0) is 25.2 Å². The van der Waals surface area contributed by atoms with Crippen LogP contribution < -0.4 is 5.32 Å². The minimum absolute atomic E-state index is 0.0191. The molecular weight excluding hydrogens is 266 g/mol. The van der Waals surface area contributed by atoms with Gasteiger partial charge in [0.05, 0.1) is 11.8 Å². The number of hydrogen-bond donors (Lipinski definition) is 2. The van der Waals surface area contributed by atoms with E-state index in [4.69, 9.17) is 0 Å². The lowest BCUT2D eigenvalue weighted by molar-refractivity contribution is -0.146. The van der Waals surface area contributed by atoms with Gasteiger partial charge in [-0.25, -0.2) is 0 Å². The van der Waals surface area contributed by atoms with Crippen molar-refractivity contribution in [1.29, 1.82) is 0 Å². The van der Waals surface area contributed by atoms with E-state index in [1.165, 1.54) is 11.3 Å². The van der Waals surface area contributed by atoms with E-state index in [0.717, 1.165) is 11.4 Å². The number of allylic oxidation sites excluding steroid dienone is 2. The molecule has 2 aliphatic rings. The summed E-state index contributed by atoms with van der Waals surface area (Å²) in [7, 11) is 0. The van der Waals surface area contributed by atoms with Gasteiger partial charge >= 0.3 is 5.97 Å².